The summed E-state index contributed by atoms with van der Waals surface area (Å²) in [6.07, 6.45) is 5.18. The van der Waals surface area contributed by atoms with Crippen molar-refractivity contribution in [3.8, 4) is 0 Å². The van der Waals surface area contributed by atoms with Crippen LogP contribution in [0.4, 0.5) is 0 Å². The first-order valence-corrected chi connectivity index (χ1v) is 8.69. The lowest BCUT2D eigenvalue weighted by atomic mass is 10.1. The van der Waals surface area contributed by atoms with E-state index in [0.29, 0.717) is 30.7 Å². The van der Waals surface area contributed by atoms with Crippen LogP contribution in [0.25, 0.3) is 0 Å². The molecule has 0 radical (unpaired) electrons. The third-order valence-corrected chi connectivity index (χ3v) is 5.29. The largest absolute Gasteiger partial charge is 0.462 e. The molecule has 1 aromatic rings. The zero-order chi connectivity index (χ0) is 16.1. The van der Waals surface area contributed by atoms with Gasteiger partial charge in [-0.1, -0.05) is 0 Å². The molecule has 5 nitrogen and oxygen atoms in total. The van der Waals surface area contributed by atoms with Crippen LogP contribution in [0, 0.1) is 19.8 Å². The normalized spacial score (nSPS) is 24.3. The van der Waals surface area contributed by atoms with Crippen LogP contribution in [0.2, 0.25) is 0 Å². The highest BCUT2D eigenvalue weighted by Gasteiger charge is 2.39. The van der Waals surface area contributed by atoms with Crippen molar-refractivity contribution in [3.63, 3.8) is 0 Å². The molecule has 1 amide bonds. The second-order valence-electron chi connectivity index (χ2n) is 7.33. The van der Waals surface area contributed by atoms with E-state index in [4.69, 9.17) is 4.74 Å². The SMILES string of the molecule is Cc1cc(C(=O)OCC2CC(=O)N(C3CC3)C2)c(C)n1C1CC1. The van der Waals surface area contributed by atoms with Crippen LogP contribution in [0.1, 0.15) is 59.9 Å². The summed E-state index contributed by atoms with van der Waals surface area (Å²) >= 11 is 0. The van der Waals surface area contributed by atoms with Crippen LogP contribution in [-0.4, -0.2) is 40.5 Å². The van der Waals surface area contributed by atoms with Crippen molar-refractivity contribution < 1.29 is 14.3 Å². The van der Waals surface area contributed by atoms with E-state index in [-0.39, 0.29) is 17.8 Å². The topological polar surface area (TPSA) is 51.5 Å². The Kier molecular flexibility index (Phi) is 3.47. The van der Waals surface area contributed by atoms with Crippen molar-refractivity contribution in [2.45, 2.75) is 58.0 Å². The number of aromatic nitrogens is 1. The molecule has 23 heavy (non-hydrogen) atoms. The van der Waals surface area contributed by atoms with Gasteiger partial charge in [-0.3, -0.25) is 4.79 Å². The molecule has 4 rings (SSSR count). The Morgan fingerprint density at radius 3 is 2.57 bits per heavy atom. The molecule has 1 atom stereocenters. The fourth-order valence-electron chi connectivity index (χ4n) is 3.81. The lowest BCUT2D eigenvalue weighted by Gasteiger charge is -2.15. The van der Waals surface area contributed by atoms with Crippen LogP contribution in [0.5, 0.6) is 0 Å². The lowest BCUT2D eigenvalue weighted by Crippen LogP contribution is -2.28. The Hall–Kier alpha value is -1.78. The number of carbonyl (C=O) groups is 2. The van der Waals surface area contributed by atoms with Crippen LogP contribution in [-0.2, 0) is 9.53 Å². The summed E-state index contributed by atoms with van der Waals surface area (Å²) in [4.78, 5) is 26.3. The van der Waals surface area contributed by atoms with Crippen molar-refractivity contribution in [3.05, 3.63) is 23.0 Å². The van der Waals surface area contributed by atoms with Gasteiger partial charge in [-0.05, 0) is 45.6 Å². The third-order valence-electron chi connectivity index (χ3n) is 5.29. The molecule has 0 bridgehead atoms. The highest BCUT2D eigenvalue weighted by molar-refractivity contribution is 5.91. The Morgan fingerprint density at radius 2 is 1.91 bits per heavy atom. The van der Waals surface area contributed by atoms with E-state index in [1.165, 1.54) is 12.8 Å². The summed E-state index contributed by atoms with van der Waals surface area (Å²) in [5.74, 6) is 0.127. The zero-order valence-electron chi connectivity index (χ0n) is 13.9. The van der Waals surface area contributed by atoms with E-state index < -0.39 is 0 Å². The quantitative estimate of drug-likeness (QED) is 0.785. The van der Waals surface area contributed by atoms with Crippen LogP contribution >= 0.6 is 0 Å². The Morgan fingerprint density at radius 1 is 1.22 bits per heavy atom. The highest BCUT2D eigenvalue weighted by Crippen LogP contribution is 2.38. The number of carbonyl (C=O) groups excluding carboxylic acids is 2. The molecule has 2 saturated carbocycles. The minimum atomic E-state index is -0.248. The first kappa shape index (κ1) is 14.8. The van der Waals surface area contributed by atoms with Gasteiger partial charge in [0.25, 0.3) is 0 Å². The maximum atomic E-state index is 12.4. The molecule has 0 spiro atoms. The van der Waals surface area contributed by atoms with E-state index >= 15 is 0 Å². The number of ether oxygens (including phenoxy) is 1. The number of esters is 1. The van der Waals surface area contributed by atoms with Crippen molar-refractivity contribution in [2.24, 2.45) is 5.92 Å². The molecular weight excluding hydrogens is 292 g/mol. The molecular formula is C18H24N2O3. The van der Waals surface area contributed by atoms with Gasteiger partial charge in [0.15, 0.2) is 0 Å². The first-order valence-electron chi connectivity index (χ1n) is 8.69. The standard InChI is InChI=1S/C18H24N2O3/c1-11-7-16(12(2)20(11)15-5-6-15)18(22)23-10-13-8-17(21)19(9-13)14-3-4-14/h7,13-15H,3-6,8-10H2,1-2H3. The molecule has 1 unspecified atom stereocenters. The predicted octanol–water partition coefficient (Wildman–Crippen LogP) is 2.61. The molecule has 124 valence electrons. The van der Waals surface area contributed by atoms with E-state index in [2.05, 4.69) is 4.57 Å². The van der Waals surface area contributed by atoms with Crippen LogP contribution < -0.4 is 0 Å². The van der Waals surface area contributed by atoms with Crippen molar-refractivity contribution >= 4 is 11.9 Å². The minimum absolute atomic E-state index is 0.152. The van der Waals surface area contributed by atoms with Gasteiger partial charge in [-0.2, -0.15) is 0 Å². The molecule has 1 aromatic heterocycles. The number of nitrogens with zero attached hydrogens (tertiary/aromatic N) is 2. The number of likely N-dealkylation sites (tertiary alicyclic amines) is 1. The Bertz CT molecular complexity index is 655. The van der Waals surface area contributed by atoms with Gasteiger partial charge in [0.2, 0.25) is 5.91 Å². The molecule has 3 fully saturated rings. The van der Waals surface area contributed by atoms with Crippen LogP contribution in [0.15, 0.2) is 6.07 Å². The first-order chi connectivity index (χ1) is 11.0. The Balaban J connectivity index is 1.37. The molecule has 1 aliphatic heterocycles. The summed E-state index contributed by atoms with van der Waals surface area (Å²) in [5, 5.41) is 0. The lowest BCUT2D eigenvalue weighted by molar-refractivity contribution is -0.128. The fraction of sp³-hybridized carbons (Fsp3) is 0.667. The molecule has 2 aliphatic carbocycles. The zero-order valence-corrected chi connectivity index (χ0v) is 13.9. The second-order valence-corrected chi connectivity index (χ2v) is 7.33. The highest BCUT2D eigenvalue weighted by atomic mass is 16.5. The van der Waals surface area contributed by atoms with Gasteiger partial charge in [0.1, 0.15) is 0 Å². The van der Waals surface area contributed by atoms with Gasteiger partial charge in [-0.15, -0.1) is 0 Å². The number of amides is 1. The van der Waals surface area contributed by atoms with Gasteiger partial charge in [0, 0.05) is 42.4 Å². The smallest absolute Gasteiger partial charge is 0.339 e. The molecule has 2 heterocycles. The van der Waals surface area contributed by atoms with Crippen molar-refractivity contribution in [1.29, 1.82) is 0 Å². The summed E-state index contributed by atoms with van der Waals surface area (Å²) in [6, 6.07) is 2.96. The average Bonchev–Trinajstić information content (AvgIpc) is 3.42. The number of aryl methyl sites for hydroxylation is 1. The van der Waals surface area contributed by atoms with Crippen molar-refractivity contribution in [2.75, 3.05) is 13.2 Å². The maximum Gasteiger partial charge on any atom is 0.339 e. The average molecular weight is 316 g/mol. The van der Waals surface area contributed by atoms with E-state index in [1.54, 1.807) is 0 Å². The van der Waals surface area contributed by atoms with Gasteiger partial charge in [0.05, 0.1) is 12.2 Å². The molecule has 3 aliphatic rings. The van der Waals surface area contributed by atoms with E-state index in [9.17, 15) is 9.59 Å². The van der Waals surface area contributed by atoms with Gasteiger partial charge in [-0.25, -0.2) is 4.79 Å². The third kappa shape index (κ3) is 2.77. The van der Waals surface area contributed by atoms with Gasteiger partial charge < -0.3 is 14.2 Å². The molecule has 1 saturated heterocycles. The summed E-state index contributed by atoms with van der Waals surface area (Å²) in [6.45, 7) is 5.14. The van der Waals surface area contributed by atoms with Gasteiger partial charge >= 0.3 is 5.97 Å². The summed E-state index contributed by atoms with van der Waals surface area (Å²) in [7, 11) is 0. The molecule has 5 heteroatoms. The van der Waals surface area contributed by atoms with Crippen LogP contribution in [0.3, 0.4) is 0 Å². The minimum Gasteiger partial charge on any atom is -0.462 e. The van der Waals surface area contributed by atoms with Crippen molar-refractivity contribution in [1.82, 2.24) is 9.47 Å². The second kappa shape index (κ2) is 5.39. The van der Waals surface area contributed by atoms with E-state index in [0.717, 1.165) is 30.8 Å². The number of rotatable bonds is 5. The monoisotopic (exact) mass is 316 g/mol. The van der Waals surface area contributed by atoms with E-state index in [1.807, 2.05) is 24.8 Å². The maximum absolute atomic E-state index is 12.4. The predicted molar refractivity (Wildman–Crippen MR) is 85.3 cm³/mol. The number of hydrogen-bond donors (Lipinski definition) is 0. The molecule has 0 N–H and O–H groups in total. The number of hydrogen-bond acceptors (Lipinski definition) is 3. The fourth-order valence-corrected chi connectivity index (χ4v) is 3.81. The summed E-state index contributed by atoms with van der Waals surface area (Å²) in [5.41, 5.74) is 2.82. The summed E-state index contributed by atoms with van der Waals surface area (Å²) < 4.78 is 7.78. The Labute approximate surface area is 136 Å². The molecule has 0 aromatic carbocycles.